The molecule has 1 aliphatic heterocycles. The Hall–Kier alpha value is -1.89. The normalized spacial score (nSPS) is 19.3. The summed E-state index contributed by atoms with van der Waals surface area (Å²) >= 11 is 0. The molecule has 1 unspecified atom stereocenters. The average molecular weight is 307 g/mol. The first-order valence-corrected chi connectivity index (χ1v) is 7.57. The largest absolute Gasteiger partial charge is 0.347 e. The van der Waals surface area contributed by atoms with Gasteiger partial charge in [-0.2, -0.15) is 5.10 Å². The van der Waals surface area contributed by atoms with Gasteiger partial charge in [-0.05, 0) is 20.0 Å². The van der Waals surface area contributed by atoms with E-state index in [-0.39, 0.29) is 17.9 Å². The second-order valence-corrected chi connectivity index (χ2v) is 6.04. The minimum absolute atomic E-state index is 0.0169. The highest BCUT2D eigenvalue weighted by molar-refractivity contribution is 5.87. The maximum Gasteiger partial charge on any atom is 0.246 e. The zero-order chi connectivity index (χ0) is 16.3. The van der Waals surface area contributed by atoms with Crippen molar-refractivity contribution in [1.29, 1.82) is 0 Å². The van der Waals surface area contributed by atoms with Crippen molar-refractivity contribution in [3.8, 4) is 0 Å². The minimum Gasteiger partial charge on any atom is -0.347 e. The second-order valence-electron chi connectivity index (χ2n) is 6.04. The van der Waals surface area contributed by atoms with Crippen molar-refractivity contribution < 1.29 is 9.59 Å². The minimum atomic E-state index is -0.389. The lowest BCUT2D eigenvalue weighted by atomic mass is 10.1. The van der Waals surface area contributed by atoms with E-state index in [0.717, 1.165) is 12.2 Å². The van der Waals surface area contributed by atoms with Gasteiger partial charge in [0.1, 0.15) is 6.04 Å². The number of amides is 2. The first-order chi connectivity index (χ1) is 10.4. The third kappa shape index (κ3) is 3.65. The third-order valence-electron chi connectivity index (χ3n) is 4.10. The van der Waals surface area contributed by atoms with Crippen LogP contribution in [0.4, 0.5) is 0 Å². The predicted octanol–water partition coefficient (Wildman–Crippen LogP) is -0.188. The van der Waals surface area contributed by atoms with Gasteiger partial charge in [0.05, 0.1) is 0 Å². The van der Waals surface area contributed by atoms with Crippen LogP contribution in [0.15, 0.2) is 12.3 Å². The van der Waals surface area contributed by atoms with Crippen LogP contribution in [0.2, 0.25) is 0 Å². The van der Waals surface area contributed by atoms with Crippen LogP contribution in [-0.4, -0.2) is 83.1 Å². The monoisotopic (exact) mass is 307 g/mol. The molecular weight excluding hydrogens is 282 g/mol. The van der Waals surface area contributed by atoms with E-state index in [9.17, 15) is 9.59 Å². The van der Waals surface area contributed by atoms with Gasteiger partial charge in [-0.3, -0.25) is 14.3 Å². The highest BCUT2D eigenvalue weighted by atomic mass is 16.2. The number of aryl methyl sites for hydroxylation is 2. The lowest BCUT2D eigenvalue weighted by molar-refractivity contribution is -0.147. The molecule has 1 aliphatic rings. The van der Waals surface area contributed by atoms with Gasteiger partial charge in [-0.25, -0.2) is 0 Å². The zero-order valence-electron chi connectivity index (χ0n) is 13.8. The van der Waals surface area contributed by atoms with Gasteiger partial charge in [0.15, 0.2) is 0 Å². The Morgan fingerprint density at radius 2 is 2.09 bits per heavy atom. The van der Waals surface area contributed by atoms with Crippen LogP contribution in [0.1, 0.15) is 12.1 Å². The van der Waals surface area contributed by atoms with Crippen molar-refractivity contribution in [2.75, 3.05) is 40.8 Å². The predicted molar refractivity (Wildman–Crippen MR) is 83.3 cm³/mol. The van der Waals surface area contributed by atoms with E-state index in [2.05, 4.69) is 10.00 Å². The van der Waals surface area contributed by atoms with Crippen LogP contribution in [0.5, 0.6) is 0 Å². The van der Waals surface area contributed by atoms with Crippen LogP contribution in [0, 0.1) is 6.92 Å². The molecule has 2 amide bonds. The number of nitrogens with zero attached hydrogens (tertiary/aromatic N) is 5. The van der Waals surface area contributed by atoms with E-state index in [1.807, 2.05) is 24.7 Å². The molecular formula is C15H25N5O2. The van der Waals surface area contributed by atoms with Crippen LogP contribution in [0.3, 0.4) is 0 Å². The van der Waals surface area contributed by atoms with Crippen LogP contribution < -0.4 is 0 Å². The molecule has 1 atom stereocenters. The molecule has 0 radical (unpaired) electrons. The van der Waals surface area contributed by atoms with Crippen molar-refractivity contribution in [1.82, 2.24) is 24.5 Å². The van der Waals surface area contributed by atoms with Gasteiger partial charge in [0, 0.05) is 58.6 Å². The number of hydrogen-bond acceptors (Lipinski definition) is 4. The molecule has 0 aromatic carbocycles. The molecule has 22 heavy (non-hydrogen) atoms. The Bertz CT molecular complexity index is 540. The molecule has 0 saturated carbocycles. The number of hydrogen-bond donors (Lipinski definition) is 0. The van der Waals surface area contributed by atoms with Crippen molar-refractivity contribution in [3.63, 3.8) is 0 Å². The molecule has 2 heterocycles. The number of piperazine rings is 1. The van der Waals surface area contributed by atoms with E-state index in [1.54, 1.807) is 30.1 Å². The van der Waals surface area contributed by atoms with Crippen molar-refractivity contribution in [2.45, 2.75) is 25.9 Å². The summed E-state index contributed by atoms with van der Waals surface area (Å²) in [6, 6.07) is 1.53. The van der Waals surface area contributed by atoms with Gasteiger partial charge < -0.3 is 14.7 Å². The standard InChI is InChI=1S/C15H25N5O2/c1-12-5-7-16-20(12)8-6-14(21)19-10-9-18(4)11-13(19)15(22)17(2)3/h5,7,13H,6,8-11H2,1-4H3. The second kappa shape index (κ2) is 6.91. The molecule has 1 aromatic heterocycles. The number of likely N-dealkylation sites (N-methyl/N-ethyl adjacent to an activating group) is 2. The first-order valence-electron chi connectivity index (χ1n) is 7.57. The van der Waals surface area contributed by atoms with Gasteiger partial charge in [0.2, 0.25) is 11.8 Å². The lowest BCUT2D eigenvalue weighted by Crippen LogP contribution is -2.59. The van der Waals surface area contributed by atoms with Crippen molar-refractivity contribution in [2.24, 2.45) is 0 Å². The van der Waals surface area contributed by atoms with Crippen LogP contribution in [-0.2, 0) is 16.1 Å². The summed E-state index contributed by atoms with van der Waals surface area (Å²) in [7, 11) is 5.43. The van der Waals surface area contributed by atoms with Gasteiger partial charge in [-0.1, -0.05) is 0 Å². The molecule has 122 valence electrons. The number of aromatic nitrogens is 2. The summed E-state index contributed by atoms with van der Waals surface area (Å²) < 4.78 is 1.82. The fourth-order valence-electron chi connectivity index (χ4n) is 2.71. The summed E-state index contributed by atoms with van der Waals surface area (Å²) in [5, 5.41) is 4.19. The van der Waals surface area contributed by atoms with E-state index >= 15 is 0 Å². The molecule has 0 spiro atoms. The maximum atomic E-state index is 12.5. The molecule has 1 saturated heterocycles. The summed E-state index contributed by atoms with van der Waals surface area (Å²) in [5.74, 6) is -0.00151. The molecule has 7 nitrogen and oxygen atoms in total. The van der Waals surface area contributed by atoms with E-state index < -0.39 is 0 Å². The lowest BCUT2D eigenvalue weighted by Gasteiger charge is -2.40. The summed E-state index contributed by atoms with van der Waals surface area (Å²) in [4.78, 5) is 30.2. The molecule has 2 rings (SSSR count). The Balaban J connectivity index is 2.02. The fourth-order valence-corrected chi connectivity index (χ4v) is 2.71. The van der Waals surface area contributed by atoms with Crippen LogP contribution >= 0.6 is 0 Å². The Morgan fingerprint density at radius 1 is 1.36 bits per heavy atom. The quantitative estimate of drug-likeness (QED) is 0.774. The number of carbonyl (C=O) groups is 2. The topological polar surface area (TPSA) is 61.7 Å². The molecule has 0 aliphatic carbocycles. The highest BCUT2D eigenvalue weighted by Crippen LogP contribution is 2.13. The molecule has 1 aromatic rings. The van der Waals surface area contributed by atoms with Crippen molar-refractivity contribution in [3.05, 3.63) is 18.0 Å². The summed E-state index contributed by atoms with van der Waals surface area (Å²) in [5.41, 5.74) is 1.03. The zero-order valence-corrected chi connectivity index (χ0v) is 13.8. The molecule has 0 N–H and O–H groups in total. The fraction of sp³-hybridized carbons (Fsp3) is 0.667. The van der Waals surface area contributed by atoms with E-state index in [0.29, 0.717) is 26.1 Å². The molecule has 0 bridgehead atoms. The SMILES string of the molecule is Cc1ccnn1CCC(=O)N1CCN(C)CC1C(=O)N(C)C. The first kappa shape index (κ1) is 16.5. The van der Waals surface area contributed by atoms with Gasteiger partial charge in [-0.15, -0.1) is 0 Å². The maximum absolute atomic E-state index is 12.5. The summed E-state index contributed by atoms with van der Waals surface area (Å²) in [6.07, 6.45) is 2.09. The van der Waals surface area contributed by atoms with Crippen LogP contribution in [0.25, 0.3) is 0 Å². The Kier molecular flexibility index (Phi) is 5.18. The van der Waals surface area contributed by atoms with Gasteiger partial charge >= 0.3 is 0 Å². The van der Waals surface area contributed by atoms with E-state index in [1.165, 1.54) is 0 Å². The average Bonchev–Trinajstić information content (AvgIpc) is 2.89. The molecule has 1 fully saturated rings. The van der Waals surface area contributed by atoms with Crippen molar-refractivity contribution >= 4 is 11.8 Å². The number of carbonyl (C=O) groups excluding carboxylic acids is 2. The third-order valence-corrected chi connectivity index (χ3v) is 4.10. The molecule has 7 heteroatoms. The number of rotatable bonds is 4. The Labute approximate surface area is 131 Å². The van der Waals surface area contributed by atoms with E-state index in [4.69, 9.17) is 0 Å². The van der Waals surface area contributed by atoms with Gasteiger partial charge in [0.25, 0.3) is 0 Å². The smallest absolute Gasteiger partial charge is 0.246 e. The highest BCUT2D eigenvalue weighted by Gasteiger charge is 2.34. The Morgan fingerprint density at radius 3 is 2.68 bits per heavy atom. The summed E-state index contributed by atoms with van der Waals surface area (Å²) in [6.45, 7) is 4.49.